The lowest BCUT2D eigenvalue weighted by Gasteiger charge is -2.36. The highest BCUT2D eigenvalue weighted by Gasteiger charge is 2.33. The van der Waals surface area contributed by atoms with Crippen molar-refractivity contribution in [1.29, 1.82) is 0 Å². The number of likely N-dealkylation sites (tertiary alicyclic amines) is 1. The summed E-state index contributed by atoms with van der Waals surface area (Å²) in [7, 11) is 0. The standard InChI is InChI=1S/C20H19BrN2O2S/c21-15-8-2-1-7-14(15)18(23-11-5-6-13(12-23)20(24)25)19-22-16-9-3-4-10-17(16)26-19/h1-4,7-10,13,18H,5-6,11-12H2,(H,24,25). The molecule has 0 radical (unpaired) electrons. The topological polar surface area (TPSA) is 53.4 Å². The molecule has 0 saturated carbocycles. The molecular formula is C20H19BrN2O2S. The van der Waals surface area contributed by atoms with Crippen LogP contribution in [-0.4, -0.2) is 34.0 Å². The van der Waals surface area contributed by atoms with E-state index in [1.807, 2.05) is 36.4 Å². The van der Waals surface area contributed by atoms with E-state index in [4.69, 9.17) is 4.98 Å². The average Bonchev–Trinajstić information content (AvgIpc) is 3.07. The van der Waals surface area contributed by atoms with Gasteiger partial charge in [-0.1, -0.05) is 46.3 Å². The molecule has 2 heterocycles. The molecular weight excluding hydrogens is 412 g/mol. The van der Waals surface area contributed by atoms with Crippen molar-refractivity contribution in [2.75, 3.05) is 13.1 Å². The number of hydrogen-bond acceptors (Lipinski definition) is 4. The first-order chi connectivity index (χ1) is 12.6. The summed E-state index contributed by atoms with van der Waals surface area (Å²) in [4.78, 5) is 18.7. The molecule has 4 nitrogen and oxygen atoms in total. The average molecular weight is 431 g/mol. The van der Waals surface area contributed by atoms with Gasteiger partial charge in [-0.05, 0) is 43.1 Å². The van der Waals surface area contributed by atoms with Crippen LogP contribution in [-0.2, 0) is 4.79 Å². The molecule has 0 amide bonds. The minimum Gasteiger partial charge on any atom is -0.481 e. The highest BCUT2D eigenvalue weighted by Crippen LogP contribution is 2.39. The molecule has 2 aromatic carbocycles. The first-order valence-electron chi connectivity index (χ1n) is 8.70. The Kier molecular flexibility index (Phi) is 5.07. The monoisotopic (exact) mass is 430 g/mol. The van der Waals surface area contributed by atoms with Gasteiger partial charge in [-0.25, -0.2) is 4.98 Å². The number of thiazole rings is 1. The van der Waals surface area contributed by atoms with Crippen molar-refractivity contribution in [1.82, 2.24) is 9.88 Å². The molecule has 1 N–H and O–H groups in total. The van der Waals surface area contributed by atoms with Crippen LogP contribution in [0.15, 0.2) is 53.0 Å². The van der Waals surface area contributed by atoms with E-state index in [2.05, 4.69) is 33.0 Å². The van der Waals surface area contributed by atoms with E-state index in [0.717, 1.165) is 44.6 Å². The van der Waals surface area contributed by atoms with Gasteiger partial charge in [-0.15, -0.1) is 11.3 Å². The molecule has 1 aliphatic heterocycles. The number of para-hydroxylation sites is 1. The molecule has 3 aromatic rings. The van der Waals surface area contributed by atoms with Gasteiger partial charge in [0.2, 0.25) is 0 Å². The molecule has 0 spiro atoms. The van der Waals surface area contributed by atoms with Crippen molar-refractivity contribution in [3.05, 3.63) is 63.6 Å². The summed E-state index contributed by atoms with van der Waals surface area (Å²) in [6, 6.07) is 16.3. The van der Waals surface area contributed by atoms with Gasteiger partial charge in [-0.2, -0.15) is 0 Å². The Bertz CT molecular complexity index is 909. The molecule has 26 heavy (non-hydrogen) atoms. The number of hydrogen-bond donors (Lipinski definition) is 1. The van der Waals surface area contributed by atoms with Crippen LogP contribution in [0.4, 0.5) is 0 Å². The molecule has 2 unspecified atom stereocenters. The molecule has 1 fully saturated rings. The largest absolute Gasteiger partial charge is 0.481 e. The van der Waals surface area contributed by atoms with E-state index < -0.39 is 5.97 Å². The zero-order valence-electron chi connectivity index (χ0n) is 14.1. The number of rotatable bonds is 4. The predicted molar refractivity (Wildman–Crippen MR) is 108 cm³/mol. The molecule has 0 aliphatic carbocycles. The Hall–Kier alpha value is -1.76. The maximum absolute atomic E-state index is 11.6. The van der Waals surface area contributed by atoms with Crippen LogP contribution in [0, 0.1) is 5.92 Å². The van der Waals surface area contributed by atoms with Crippen LogP contribution in [0.3, 0.4) is 0 Å². The quantitative estimate of drug-likeness (QED) is 0.636. The van der Waals surface area contributed by atoms with Crippen molar-refractivity contribution in [3.63, 3.8) is 0 Å². The van der Waals surface area contributed by atoms with Crippen molar-refractivity contribution >= 4 is 43.5 Å². The second-order valence-electron chi connectivity index (χ2n) is 6.62. The lowest BCUT2D eigenvalue weighted by Crippen LogP contribution is -2.41. The summed E-state index contributed by atoms with van der Waals surface area (Å²) >= 11 is 5.37. The van der Waals surface area contributed by atoms with Gasteiger partial charge in [0.05, 0.1) is 22.2 Å². The van der Waals surface area contributed by atoms with Gasteiger partial charge >= 0.3 is 5.97 Å². The van der Waals surface area contributed by atoms with E-state index >= 15 is 0 Å². The fraction of sp³-hybridized carbons (Fsp3) is 0.300. The molecule has 1 saturated heterocycles. The second-order valence-corrected chi connectivity index (χ2v) is 8.53. The number of carboxylic acid groups (broad SMARTS) is 1. The van der Waals surface area contributed by atoms with Crippen molar-refractivity contribution in [2.45, 2.75) is 18.9 Å². The van der Waals surface area contributed by atoms with Crippen LogP contribution in [0.5, 0.6) is 0 Å². The minimum atomic E-state index is -0.704. The van der Waals surface area contributed by atoms with Gasteiger partial charge in [-0.3, -0.25) is 9.69 Å². The van der Waals surface area contributed by atoms with Crippen LogP contribution in [0.25, 0.3) is 10.2 Å². The number of carboxylic acids is 1. The van der Waals surface area contributed by atoms with Crippen LogP contribution in [0.2, 0.25) is 0 Å². The van der Waals surface area contributed by atoms with Gasteiger partial charge in [0, 0.05) is 11.0 Å². The van der Waals surface area contributed by atoms with Crippen molar-refractivity contribution in [3.8, 4) is 0 Å². The molecule has 1 aliphatic rings. The van der Waals surface area contributed by atoms with E-state index in [-0.39, 0.29) is 12.0 Å². The summed E-state index contributed by atoms with van der Waals surface area (Å²) in [5.74, 6) is -1.02. The zero-order chi connectivity index (χ0) is 18.1. The lowest BCUT2D eigenvalue weighted by atomic mass is 9.95. The number of nitrogens with zero attached hydrogens (tertiary/aromatic N) is 2. The number of carbonyl (C=O) groups is 1. The Balaban J connectivity index is 1.79. The third-order valence-electron chi connectivity index (χ3n) is 4.91. The molecule has 4 rings (SSSR count). The number of benzene rings is 2. The highest BCUT2D eigenvalue weighted by atomic mass is 79.9. The second kappa shape index (κ2) is 7.47. The number of fused-ring (bicyclic) bond motifs is 1. The fourth-order valence-corrected chi connectivity index (χ4v) is 5.26. The predicted octanol–water partition coefficient (Wildman–Crippen LogP) is 4.94. The van der Waals surface area contributed by atoms with Crippen molar-refractivity contribution in [2.24, 2.45) is 5.92 Å². The van der Waals surface area contributed by atoms with E-state index in [9.17, 15) is 9.90 Å². The van der Waals surface area contributed by atoms with Crippen LogP contribution >= 0.6 is 27.3 Å². The Morgan fingerprint density at radius 2 is 2.00 bits per heavy atom. The number of aliphatic carboxylic acids is 1. The molecule has 0 bridgehead atoms. The number of halogens is 1. The lowest BCUT2D eigenvalue weighted by molar-refractivity contribution is -0.143. The van der Waals surface area contributed by atoms with Gasteiger partial charge in [0.1, 0.15) is 5.01 Å². The smallest absolute Gasteiger partial charge is 0.307 e. The third kappa shape index (κ3) is 3.41. The first-order valence-corrected chi connectivity index (χ1v) is 10.3. The molecule has 2 atom stereocenters. The summed E-state index contributed by atoms with van der Waals surface area (Å²) in [6.45, 7) is 1.43. The molecule has 6 heteroatoms. The Labute approximate surface area is 164 Å². The summed E-state index contributed by atoms with van der Waals surface area (Å²) in [5, 5.41) is 10.5. The van der Waals surface area contributed by atoms with E-state index in [1.165, 1.54) is 0 Å². The SMILES string of the molecule is O=C(O)C1CCCN(C(c2nc3ccccc3s2)c2ccccc2Br)C1. The summed E-state index contributed by atoms with van der Waals surface area (Å²) in [5.41, 5.74) is 2.13. The maximum atomic E-state index is 11.6. The highest BCUT2D eigenvalue weighted by molar-refractivity contribution is 9.10. The summed E-state index contributed by atoms with van der Waals surface area (Å²) < 4.78 is 2.19. The Morgan fingerprint density at radius 3 is 2.77 bits per heavy atom. The number of piperidine rings is 1. The first kappa shape index (κ1) is 17.6. The molecule has 1 aromatic heterocycles. The summed E-state index contributed by atoms with van der Waals surface area (Å²) in [6.07, 6.45) is 1.64. The number of aromatic nitrogens is 1. The normalized spacial score (nSPS) is 19.5. The van der Waals surface area contributed by atoms with Crippen molar-refractivity contribution < 1.29 is 9.90 Å². The zero-order valence-corrected chi connectivity index (χ0v) is 16.5. The van der Waals surface area contributed by atoms with Gasteiger partial charge in [0.15, 0.2) is 0 Å². The van der Waals surface area contributed by atoms with E-state index in [1.54, 1.807) is 11.3 Å². The molecule has 134 valence electrons. The Morgan fingerprint density at radius 1 is 1.23 bits per heavy atom. The maximum Gasteiger partial charge on any atom is 0.307 e. The van der Waals surface area contributed by atoms with Crippen LogP contribution in [0.1, 0.15) is 29.5 Å². The van der Waals surface area contributed by atoms with Gasteiger partial charge in [0.25, 0.3) is 0 Å². The fourth-order valence-electron chi connectivity index (χ4n) is 3.63. The minimum absolute atomic E-state index is 0.0369. The van der Waals surface area contributed by atoms with Crippen LogP contribution < -0.4 is 0 Å². The third-order valence-corrected chi connectivity index (χ3v) is 6.72. The van der Waals surface area contributed by atoms with E-state index in [0.29, 0.717) is 6.54 Å². The van der Waals surface area contributed by atoms with Gasteiger partial charge < -0.3 is 5.11 Å².